The summed E-state index contributed by atoms with van der Waals surface area (Å²) in [6.07, 6.45) is 9.89. The molecule has 3 rings (SSSR count). The van der Waals surface area contributed by atoms with Gasteiger partial charge in [-0.15, -0.1) is 0 Å². The van der Waals surface area contributed by atoms with Crippen molar-refractivity contribution in [2.24, 2.45) is 5.92 Å². The van der Waals surface area contributed by atoms with Gasteiger partial charge in [0.1, 0.15) is 0 Å². The van der Waals surface area contributed by atoms with E-state index in [4.69, 9.17) is 4.52 Å². The molecular formula is C11H14N2O. The monoisotopic (exact) mass is 190 g/mol. The van der Waals surface area contributed by atoms with Gasteiger partial charge in [-0.3, -0.25) is 0 Å². The van der Waals surface area contributed by atoms with Gasteiger partial charge in [-0.05, 0) is 37.8 Å². The minimum Gasteiger partial charge on any atom is -0.357 e. The Kier molecular flexibility index (Phi) is 1.74. The predicted octanol–water partition coefficient (Wildman–Crippen LogP) is 1.83. The molecule has 0 radical (unpaired) electrons. The van der Waals surface area contributed by atoms with E-state index in [0.29, 0.717) is 0 Å². The lowest BCUT2D eigenvalue weighted by atomic mass is 9.98. The first-order valence-corrected chi connectivity index (χ1v) is 5.21. The van der Waals surface area contributed by atoms with Crippen molar-refractivity contribution in [3.63, 3.8) is 0 Å². The number of nitrogens with one attached hydrogen (secondary N) is 1. The Labute approximate surface area is 83.2 Å². The molecule has 0 spiro atoms. The van der Waals surface area contributed by atoms with Crippen LogP contribution in [0.1, 0.15) is 25.0 Å². The molecular weight excluding hydrogens is 176 g/mol. The molecule has 74 valence electrons. The van der Waals surface area contributed by atoms with Crippen LogP contribution in [-0.2, 0) is 0 Å². The molecule has 1 aliphatic carbocycles. The van der Waals surface area contributed by atoms with Gasteiger partial charge in [0.25, 0.3) is 0 Å². The van der Waals surface area contributed by atoms with Crippen molar-refractivity contribution in [2.45, 2.75) is 24.8 Å². The largest absolute Gasteiger partial charge is 0.357 e. The smallest absolute Gasteiger partial charge is 0.159 e. The van der Waals surface area contributed by atoms with Gasteiger partial charge in [0.2, 0.25) is 0 Å². The Bertz CT molecular complexity index is 334. The van der Waals surface area contributed by atoms with E-state index in [0.717, 1.165) is 11.7 Å². The van der Waals surface area contributed by atoms with E-state index < -0.39 is 0 Å². The summed E-state index contributed by atoms with van der Waals surface area (Å²) in [6.45, 7) is 1.18. The number of aromatic nitrogens is 1. The van der Waals surface area contributed by atoms with Crippen molar-refractivity contribution in [3.8, 4) is 0 Å². The molecule has 2 fully saturated rings. The minimum atomic E-state index is 0.261. The molecule has 2 atom stereocenters. The van der Waals surface area contributed by atoms with Crippen molar-refractivity contribution >= 4 is 6.08 Å². The minimum absolute atomic E-state index is 0.261. The second kappa shape index (κ2) is 2.95. The highest BCUT2D eigenvalue weighted by Crippen LogP contribution is 2.40. The molecule has 1 aromatic heterocycles. The number of fused-ring (bicyclic) bond motifs is 2. The van der Waals surface area contributed by atoms with Crippen LogP contribution in [0.25, 0.3) is 6.08 Å². The highest BCUT2D eigenvalue weighted by molar-refractivity contribution is 5.45. The van der Waals surface area contributed by atoms with Crippen molar-refractivity contribution in [1.82, 2.24) is 10.5 Å². The van der Waals surface area contributed by atoms with Crippen molar-refractivity contribution in [2.75, 3.05) is 6.54 Å². The summed E-state index contributed by atoms with van der Waals surface area (Å²) in [7, 11) is 0. The van der Waals surface area contributed by atoms with Gasteiger partial charge in [0.05, 0.1) is 6.20 Å². The van der Waals surface area contributed by atoms with Crippen LogP contribution in [0.5, 0.6) is 0 Å². The fourth-order valence-electron chi connectivity index (χ4n) is 2.63. The first-order chi connectivity index (χ1) is 6.86. The fourth-order valence-corrected chi connectivity index (χ4v) is 2.63. The summed E-state index contributed by atoms with van der Waals surface area (Å²) < 4.78 is 5.03. The second-order valence-electron chi connectivity index (χ2n) is 4.39. The molecule has 1 saturated heterocycles. The second-order valence-corrected chi connectivity index (χ2v) is 4.39. The zero-order valence-corrected chi connectivity index (χ0v) is 8.07. The van der Waals surface area contributed by atoms with Crippen LogP contribution >= 0.6 is 0 Å². The van der Waals surface area contributed by atoms with E-state index >= 15 is 0 Å². The quantitative estimate of drug-likeness (QED) is 0.773. The number of nitrogens with zero attached hydrogens (tertiary/aromatic N) is 1. The topological polar surface area (TPSA) is 38.1 Å². The molecule has 3 heteroatoms. The Morgan fingerprint density at radius 3 is 3.21 bits per heavy atom. The highest BCUT2D eigenvalue weighted by atomic mass is 16.5. The van der Waals surface area contributed by atoms with Gasteiger partial charge in [0, 0.05) is 11.6 Å². The SMILES string of the molecule is C(=CC12CCC(CN1)C2)c1ccno1. The summed E-state index contributed by atoms with van der Waals surface area (Å²) in [5.74, 6) is 1.74. The lowest BCUT2D eigenvalue weighted by molar-refractivity contribution is 0.410. The van der Waals surface area contributed by atoms with Crippen molar-refractivity contribution < 1.29 is 4.52 Å². The van der Waals surface area contributed by atoms with Gasteiger partial charge in [0.15, 0.2) is 5.76 Å². The Morgan fingerprint density at radius 1 is 1.64 bits per heavy atom. The van der Waals surface area contributed by atoms with Crippen LogP contribution in [0.3, 0.4) is 0 Å². The van der Waals surface area contributed by atoms with Crippen molar-refractivity contribution in [1.29, 1.82) is 0 Å². The average Bonchev–Trinajstić information content (AvgIpc) is 2.93. The van der Waals surface area contributed by atoms with Crippen LogP contribution in [0.4, 0.5) is 0 Å². The molecule has 0 aromatic carbocycles. The average molecular weight is 190 g/mol. The van der Waals surface area contributed by atoms with Gasteiger partial charge < -0.3 is 9.84 Å². The molecule has 0 amide bonds. The molecule has 2 aliphatic rings. The van der Waals surface area contributed by atoms with Gasteiger partial charge in [-0.25, -0.2) is 0 Å². The van der Waals surface area contributed by atoms with Gasteiger partial charge in [-0.1, -0.05) is 11.2 Å². The van der Waals surface area contributed by atoms with E-state index in [-0.39, 0.29) is 5.54 Å². The summed E-state index contributed by atoms with van der Waals surface area (Å²) in [5, 5.41) is 7.26. The maximum atomic E-state index is 5.03. The standard InChI is InChI=1S/C11H14N2O/c1-4-11(7-9(1)8-12-11)5-2-10-3-6-13-14-10/h2-3,5-6,9,12H,1,4,7-8H2. The molecule has 1 saturated carbocycles. The normalized spacial score (nSPS) is 35.9. The van der Waals surface area contributed by atoms with Crippen LogP contribution in [-0.4, -0.2) is 17.2 Å². The molecule has 14 heavy (non-hydrogen) atoms. The third kappa shape index (κ3) is 1.28. The Hall–Kier alpha value is -1.09. The zero-order valence-electron chi connectivity index (χ0n) is 8.07. The van der Waals surface area contributed by atoms with Crippen LogP contribution in [0.2, 0.25) is 0 Å². The van der Waals surface area contributed by atoms with Gasteiger partial charge in [-0.2, -0.15) is 0 Å². The van der Waals surface area contributed by atoms with E-state index in [1.54, 1.807) is 6.20 Å². The van der Waals surface area contributed by atoms with Crippen LogP contribution in [0, 0.1) is 5.92 Å². The molecule has 2 heterocycles. The van der Waals surface area contributed by atoms with Crippen LogP contribution in [0.15, 0.2) is 22.9 Å². The fraction of sp³-hybridized carbons (Fsp3) is 0.545. The Morgan fingerprint density at radius 2 is 2.64 bits per heavy atom. The summed E-state index contributed by atoms with van der Waals surface area (Å²) in [5.41, 5.74) is 0.261. The predicted molar refractivity (Wildman–Crippen MR) is 53.6 cm³/mol. The van der Waals surface area contributed by atoms with E-state index in [1.165, 1.54) is 25.8 Å². The summed E-state index contributed by atoms with van der Waals surface area (Å²) in [6, 6.07) is 1.88. The maximum Gasteiger partial charge on any atom is 0.159 e. The zero-order chi connectivity index (χ0) is 9.43. The molecule has 1 aromatic rings. The number of hydrogen-bond donors (Lipinski definition) is 1. The van der Waals surface area contributed by atoms with Crippen molar-refractivity contribution in [3.05, 3.63) is 24.1 Å². The molecule has 3 nitrogen and oxygen atoms in total. The third-order valence-electron chi connectivity index (χ3n) is 3.42. The van der Waals surface area contributed by atoms with E-state index in [9.17, 15) is 0 Å². The molecule has 2 unspecified atom stereocenters. The highest BCUT2D eigenvalue weighted by Gasteiger charge is 2.42. The first-order valence-electron chi connectivity index (χ1n) is 5.21. The first kappa shape index (κ1) is 8.24. The van der Waals surface area contributed by atoms with Crippen LogP contribution < -0.4 is 5.32 Å². The number of hydrogen-bond acceptors (Lipinski definition) is 3. The lowest BCUT2D eigenvalue weighted by Crippen LogP contribution is -2.37. The molecule has 1 N–H and O–H groups in total. The maximum absolute atomic E-state index is 5.03. The molecule has 1 aliphatic heterocycles. The molecule has 2 bridgehead atoms. The summed E-state index contributed by atoms with van der Waals surface area (Å²) in [4.78, 5) is 0. The van der Waals surface area contributed by atoms with Gasteiger partial charge >= 0.3 is 0 Å². The third-order valence-corrected chi connectivity index (χ3v) is 3.42. The number of rotatable bonds is 2. The van der Waals surface area contributed by atoms with E-state index in [1.807, 2.05) is 12.1 Å². The Balaban J connectivity index is 1.78. The summed E-state index contributed by atoms with van der Waals surface area (Å²) >= 11 is 0. The van der Waals surface area contributed by atoms with E-state index in [2.05, 4.69) is 16.5 Å². The lowest BCUT2D eigenvalue weighted by Gasteiger charge is -2.23. The number of piperidine rings is 1.